The molecule has 0 aliphatic carbocycles. The SMILES string of the molecule is Cc1cc(Cc2cc(C(C)(C)CC(C)(C)C)cc(-c3cccc4n[nH]nc34)c2O)c(O)c(-c2cccc3n[nH]nc23)c1. The first-order valence-corrected chi connectivity index (χ1v) is 14.2. The molecule has 0 atom stereocenters. The lowest BCUT2D eigenvalue weighted by atomic mass is 9.71. The van der Waals surface area contributed by atoms with E-state index in [1.807, 2.05) is 55.5 Å². The fourth-order valence-electron chi connectivity index (χ4n) is 6.42. The zero-order chi connectivity index (χ0) is 29.8. The molecular formula is C34H36N6O2. The Hall–Kier alpha value is -4.72. The molecule has 2 aromatic heterocycles. The molecule has 0 radical (unpaired) electrons. The smallest absolute Gasteiger partial charge is 0.127 e. The van der Waals surface area contributed by atoms with E-state index in [1.165, 1.54) is 0 Å². The molecule has 4 N–H and O–H groups in total. The van der Waals surface area contributed by atoms with Crippen molar-refractivity contribution in [1.82, 2.24) is 30.8 Å². The van der Waals surface area contributed by atoms with E-state index in [0.29, 0.717) is 28.6 Å². The van der Waals surface area contributed by atoms with E-state index in [2.05, 4.69) is 77.6 Å². The Morgan fingerprint density at radius 3 is 1.71 bits per heavy atom. The van der Waals surface area contributed by atoms with Gasteiger partial charge in [0.1, 0.15) is 33.6 Å². The van der Waals surface area contributed by atoms with Gasteiger partial charge in [-0.1, -0.05) is 71.0 Å². The number of aromatic hydroxyl groups is 2. The Balaban J connectivity index is 1.53. The standard InChI is InChI=1S/C34H36N6O2/c1-19-13-20(31(41)25(14-19)23-9-7-11-27-29(23)37-39-35-27)15-21-16-22(34(5,6)18-33(2,3)4)17-26(32(21)42)24-10-8-12-28-30(24)38-40-36-28/h7-14,16-17,41-42H,15,18H2,1-6H3,(H,35,37,39)(H,36,38,40). The predicted octanol–water partition coefficient (Wildman–Crippen LogP) is 7.59. The third-order valence-electron chi connectivity index (χ3n) is 7.93. The Morgan fingerprint density at radius 2 is 1.17 bits per heavy atom. The number of H-pyrrole nitrogens is 2. The maximum absolute atomic E-state index is 11.8. The van der Waals surface area contributed by atoms with Gasteiger partial charge in [0.15, 0.2) is 0 Å². The quantitative estimate of drug-likeness (QED) is 0.166. The van der Waals surface area contributed by atoms with Crippen LogP contribution in [0.1, 0.15) is 63.3 Å². The third kappa shape index (κ3) is 4.98. The number of nitrogens with zero attached hydrogens (tertiary/aromatic N) is 4. The third-order valence-corrected chi connectivity index (χ3v) is 7.93. The van der Waals surface area contributed by atoms with Gasteiger partial charge in [-0.15, -0.1) is 0 Å². The maximum Gasteiger partial charge on any atom is 0.127 e. The molecule has 0 bridgehead atoms. The number of hydrogen-bond donors (Lipinski definition) is 4. The summed E-state index contributed by atoms with van der Waals surface area (Å²) in [5, 5.41) is 46.0. The first-order valence-electron chi connectivity index (χ1n) is 14.2. The average molecular weight is 561 g/mol. The fraction of sp³-hybridized carbons (Fsp3) is 0.294. The van der Waals surface area contributed by atoms with Gasteiger partial charge >= 0.3 is 0 Å². The molecule has 0 amide bonds. The second-order valence-electron chi connectivity index (χ2n) is 13.1. The molecule has 214 valence electrons. The van der Waals surface area contributed by atoms with Gasteiger partial charge in [0, 0.05) is 28.7 Å². The van der Waals surface area contributed by atoms with Crippen LogP contribution in [0, 0.1) is 12.3 Å². The molecule has 0 fully saturated rings. The van der Waals surface area contributed by atoms with Gasteiger partial charge < -0.3 is 10.2 Å². The van der Waals surface area contributed by atoms with Crippen LogP contribution in [-0.2, 0) is 11.8 Å². The lowest BCUT2D eigenvalue weighted by Crippen LogP contribution is -2.25. The van der Waals surface area contributed by atoms with E-state index in [1.54, 1.807) is 0 Å². The van der Waals surface area contributed by atoms with Gasteiger partial charge in [-0.05, 0) is 70.7 Å². The molecule has 0 saturated carbocycles. The topological polar surface area (TPSA) is 124 Å². The van der Waals surface area contributed by atoms with Gasteiger partial charge in [-0.2, -0.15) is 30.8 Å². The zero-order valence-electron chi connectivity index (χ0n) is 24.9. The Labute approximate surface area is 244 Å². The largest absolute Gasteiger partial charge is 0.507 e. The number of fused-ring (bicyclic) bond motifs is 2. The Morgan fingerprint density at radius 1 is 0.643 bits per heavy atom. The molecule has 8 heteroatoms. The minimum atomic E-state index is -0.185. The molecule has 0 aliphatic rings. The first kappa shape index (κ1) is 27.4. The number of para-hydroxylation sites is 2. The molecule has 8 nitrogen and oxygen atoms in total. The van der Waals surface area contributed by atoms with E-state index >= 15 is 0 Å². The molecule has 0 spiro atoms. The minimum absolute atomic E-state index is 0.0969. The van der Waals surface area contributed by atoms with Gasteiger partial charge in [0.2, 0.25) is 0 Å². The van der Waals surface area contributed by atoms with Crippen LogP contribution in [-0.4, -0.2) is 41.0 Å². The molecular weight excluding hydrogens is 524 g/mol. The van der Waals surface area contributed by atoms with Crippen LogP contribution < -0.4 is 0 Å². The number of rotatable bonds is 6. The average Bonchev–Trinajstić information content (AvgIpc) is 3.60. The van der Waals surface area contributed by atoms with Crippen molar-refractivity contribution >= 4 is 22.1 Å². The molecule has 6 rings (SSSR count). The summed E-state index contributed by atoms with van der Waals surface area (Å²) in [7, 11) is 0. The maximum atomic E-state index is 11.8. The highest BCUT2D eigenvalue weighted by molar-refractivity contribution is 5.94. The monoisotopic (exact) mass is 560 g/mol. The number of aryl methyl sites for hydroxylation is 1. The van der Waals surface area contributed by atoms with Crippen LogP contribution >= 0.6 is 0 Å². The number of hydrogen-bond acceptors (Lipinski definition) is 6. The first-order chi connectivity index (χ1) is 19.9. The molecule has 6 aromatic rings. The fourth-order valence-corrected chi connectivity index (χ4v) is 6.42. The van der Waals surface area contributed by atoms with Crippen molar-refractivity contribution in [3.8, 4) is 33.8 Å². The summed E-state index contributed by atoms with van der Waals surface area (Å²) in [6, 6.07) is 19.6. The molecule has 0 saturated heterocycles. The Bertz CT molecular complexity index is 1940. The number of phenolic OH excluding ortho intramolecular Hbond substituents is 2. The van der Waals surface area contributed by atoms with E-state index in [9.17, 15) is 10.2 Å². The molecule has 0 aliphatic heterocycles. The second-order valence-corrected chi connectivity index (χ2v) is 13.1. The summed E-state index contributed by atoms with van der Waals surface area (Å²) < 4.78 is 0. The molecule has 42 heavy (non-hydrogen) atoms. The van der Waals surface area contributed by atoms with Crippen molar-refractivity contribution in [2.75, 3.05) is 0 Å². The van der Waals surface area contributed by atoms with Crippen molar-refractivity contribution in [3.05, 3.63) is 82.9 Å². The van der Waals surface area contributed by atoms with Crippen LogP contribution in [0.15, 0.2) is 60.7 Å². The molecule has 2 heterocycles. The summed E-state index contributed by atoms with van der Waals surface area (Å²) >= 11 is 0. The van der Waals surface area contributed by atoms with Crippen molar-refractivity contribution in [2.45, 2.75) is 59.8 Å². The molecule has 0 unspecified atom stereocenters. The summed E-state index contributed by atoms with van der Waals surface area (Å²) in [6.07, 6.45) is 1.28. The highest BCUT2D eigenvalue weighted by Crippen LogP contribution is 2.44. The lowest BCUT2D eigenvalue weighted by Gasteiger charge is -2.34. The second kappa shape index (κ2) is 9.98. The molecule has 4 aromatic carbocycles. The minimum Gasteiger partial charge on any atom is -0.507 e. The number of nitrogens with one attached hydrogen (secondary N) is 2. The number of benzene rings is 4. The number of phenols is 2. The Kier molecular flexibility index (Phi) is 6.52. The van der Waals surface area contributed by atoms with Crippen LogP contribution in [0.4, 0.5) is 0 Å². The van der Waals surface area contributed by atoms with Gasteiger partial charge in [0.05, 0.1) is 0 Å². The van der Waals surface area contributed by atoms with Crippen LogP contribution in [0.25, 0.3) is 44.3 Å². The highest BCUT2D eigenvalue weighted by Gasteiger charge is 2.30. The van der Waals surface area contributed by atoms with Crippen molar-refractivity contribution in [3.63, 3.8) is 0 Å². The normalized spacial score (nSPS) is 12.4. The summed E-state index contributed by atoms with van der Waals surface area (Å²) in [5.74, 6) is 0.330. The number of aromatic amines is 2. The number of aromatic nitrogens is 6. The van der Waals surface area contributed by atoms with Gasteiger partial charge in [0.25, 0.3) is 0 Å². The van der Waals surface area contributed by atoms with E-state index in [4.69, 9.17) is 0 Å². The van der Waals surface area contributed by atoms with Crippen LogP contribution in [0.5, 0.6) is 11.5 Å². The summed E-state index contributed by atoms with van der Waals surface area (Å²) in [4.78, 5) is 0. The summed E-state index contributed by atoms with van der Waals surface area (Å²) in [6.45, 7) is 13.2. The summed E-state index contributed by atoms with van der Waals surface area (Å²) in [5.41, 5.74) is 9.31. The predicted molar refractivity (Wildman–Crippen MR) is 167 cm³/mol. The van der Waals surface area contributed by atoms with E-state index < -0.39 is 0 Å². The van der Waals surface area contributed by atoms with Gasteiger partial charge in [-0.25, -0.2) is 0 Å². The van der Waals surface area contributed by atoms with Crippen molar-refractivity contribution < 1.29 is 10.2 Å². The lowest BCUT2D eigenvalue weighted by molar-refractivity contribution is 0.284. The van der Waals surface area contributed by atoms with Crippen molar-refractivity contribution in [2.24, 2.45) is 5.41 Å². The van der Waals surface area contributed by atoms with Crippen LogP contribution in [0.3, 0.4) is 0 Å². The van der Waals surface area contributed by atoms with Gasteiger partial charge in [-0.3, -0.25) is 0 Å². The zero-order valence-corrected chi connectivity index (χ0v) is 24.9. The highest BCUT2D eigenvalue weighted by atomic mass is 16.3. The van der Waals surface area contributed by atoms with Crippen LogP contribution in [0.2, 0.25) is 0 Å². The van der Waals surface area contributed by atoms with Crippen molar-refractivity contribution in [1.29, 1.82) is 0 Å². The van der Waals surface area contributed by atoms with E-state index in [0.717, 1.165) is 50.8 Å². The van der Waals surface area contributed by atoms with E-state index in [-0.39, 0.29) is 22.3 Å².